The van der Waals surface area contributed by atoms with E-state index in [9.17, 15) is 19.2 Å². The molecular weight excluding hydrogens is 1300 g/mol. The average molecular weight is 1400 g/mol. The van der Waals surface area contributed by atoms with Gasteiger partial charge in [0, 0.05) is 11.1 Å². The maximum absolute atomic E-state index is 13.7. The first-order chi connectivity index (χ1) is 46.5. The molecule has 4 heterocycles. The summed E-state index contributed by atoms with van der Waals surface area (Å²) in [6.07, 6.45) is 0. The number of carbonyl (C=O) groups is 4. The summed E-state index contributed by atoms with van der Waals surface area (Å²) >= 11 is 0. The first kappa shape index (κ1) is 77.3. The summed E-state index contributed by atoms with van der Waals surface area (Å²) in [6, 6.07) is 39.1. The summed E-state index contributed by atoms with van der Waals surface area (Å²) in [7, 11) is 0. The quantitative estimate of drug-likeness (QED) is 0.0851. The van der Waals surface area contributed by atoms with Crippen molar-refractivity contribution in [1.82, 2.24) is 9.97 Å². The van der Waals surface area contributed by atoms with Gasteiger partial charge in [-0.1, -0.05) is 192 Å². The van der Waals surface area contributed by atoms with Crippen LogP contribution >= 0.6 is 0 Å². The van der Waals surface area contributed by atoms with Gasteiger partial charge < -0.3 is 28.9 Å². The normalized spacial score (nSPS) is 14.4. The van der Waals surface area contributed by atoms with Crippen LogP contribution in [-0.2, 0) is 48.0 Å². The second kappa shape index (κ2) is 29.6. The van der Waals surface area contributed by atoms with Crippen molar-refractivity contribution in [3.05, 3.63) is 267 Å². The van der Waals surface area contributed by atoms with E-state index < -0.39 is 23.9 Å². The fourth-order valence-electron chi connectivity index (χ4n) is 13.5. The van der Waals surface area contributed by atoms with Crippen molar-refractivity contribution >= 4 is 46.4 Å². The van der Waals surface area contributed by atoms with E-state index in [0.717, 1.165) is 77.9 Å². The van der Waals surface area contributed by atoms with Crippen molar-refractivity contribution < 1.29 is 54.9 Å². The molecule has 6 aromatic carbocycles. The summed E-state index contributed by atoms with van der Waals surface area (Å²) in [5, 5.41) is 0. The molecule has 0 atom stereocenters. The molecule has 8 aromatic rings. The zero-order valence-electron chi connectivity index (χ0n) is 63.9. The predicted molar refractivity (Wildman–Crippen MR) is 405 cm³/mol. The number of rotatable bonds is 12. The molecular formula is C88H98CoN4O8. The Hall–Kier alpha value is -9.43. The third-order valence-electron chi connectivity index (χ3n) is 18.8. The van der Waals surface area contributed by atoms with Gasteiger partial charge >= 0.3 is 40.7 Å². The van der Waals surface area contributed by atoms with Crippen LogP contribution in [0.3, 0.4) is 0 Å². The molecule has 10 rings (SSSR count). The summed E-state index contributed by atoms with van der Waals surface area (Å²) in [5.74, 6) is 0.0127. The van der Waals surface area contributed by atoms with E-state index in [4.69, 9.17) is 38.9 Å². The van der Waals surface area contributed by atoms with Crippen LogP contribution in [0.2, 0.25) is 0 Å². The monoisotopic (exact) mass is 1400 g/mol. The molecule has 13 heteroatoms. The molecule has 0 spiro atoms. The predicted octanol–water partition coefficient (Wildman–Crippen LogP) is 20.3. The molecule has 0 N–H and O–H groups in total. The Kier molecular flexibility index (Phi) is 22.7. The van der Waals surface area contributed by atoms with E-state index in [1.165, 1.54) is 0 Å². The minimum Gasteiger partial charge on any atom is -0.660 e. The van der Waals surface area contributed by atoms with Crippen LogP contribution in [0.25, 0.3) is 11.1 Å². The summed E-state index contributed by atoms with van der Waals surface area (Å²) in [4.78, 5) is 75.0. The molecule has 0 bridgehead atoms. The molecule has 0 amide bonds. The molecule has 0 saturated heterocycles. The van der Waals surface area contributed by atoms with Gasteiger partial charge in [0.1, 0.15) is 23.0 Å². The number of aliphatic imine (C=N–C) groups is 2. The largest absolute Gasteiger partial charge is 2.00 e. The maximum Gasteiger partial charge on any atom is 2.00 e. The van der Waals surface area contributed by atoms with E-state index in [0.29, 0.717) is 113 Å². The second-order valence-electron chi connectivity index (χ2n) is 31.1. The molecule has 2 aliphatic heterocycles. The Morgan fingerprint density at radius 2 is 0.554 bits per heavy atom. The Morgan fingerprint density at radius 1 is 0.327 bits per heavy atom. The van der Waals surface area contributed by atoms with Gasteiger partial charge in [0.05, 0.1) is 34.0 Å². The van der Waals surface area contributed by atoms with Crippen LogP contribution in [0, 0.1) is 69.2 Å². The molecule has 2 aliphatic rings. The van der Waals surface area contributed by atoms with Gasteiger partial charge in [-0.2, -0.15) is 0 Å². The first-order valence-electron chi connectivity index (χ1n) is 34.3. The number of allylic oxidation sites excluding steroid dienone is 2. The molecule has 1 radical (unpaired) electrons. The fourth-order valence-corrected chi connectivity index (χ4v) is 13.5. The second-order valence-corrected chi connectivity index (χ2v) is 31.1. The Labute approximate surface area is 609 Å². The maximum atomic E-state index is 13.7. The summed E-state index contributed by atoms with van der Waals surface area (Å²) in [6.45, 7) is 53.0. The summed E-state index contributed by atoms with van der Waals surface area (Å²) < 4.78 is 23.6. The number of nitrogens with zero attached hydrogens (tertiary/aromatic N) is 4. The number of hydrogen-bond acceptors (Lipinski definition) is 10. The number of ether oxygens (including phenoxy) is 4. The van der Waals surface area contributed by atoms with Crippen molar-refractivity contribution in [2.75, 3.05) is 0 Å². The van der Waals surface area contributed by atoms with Gasteiger partial charge in [0.2, 0.25) is 0 Å². The van der Waals surface area contributed by atoms with Crippen LogP contribution in [0.15, 0.2) is 165 Å². The Bertz CT molecular complexity index is 4440. The number of carbonyl (C=O) groups excluding carboxylic acids is 4. The van der Waals surface area contributed by atoms with Crippen LogP contribution in [-0.4, -0.2) is 35.3 Å². The van der Waals surface area contributed by atoms with E-state index in [1.807, 2.05) is 152 Å². The van der Waals surface area contributed by atoms with Crippen molar-refractivity contribution in [3.63, 3.8) is 0 Å². The van der Waals surface area contributed by atoms with Crippen molar-refractivity contribution in [2.45, 2.75) is 202 Å². The Balaban J connectivity index is 0.000000254. The van der Waals surface area contributed by atoms with E-state index in [-0.39, 0.29) is 38.4 Å². The van der Waals surface area contributed by atoms with Crippen LogP contribution in [0.1, 0.15) is 232 Å². The van der Waals surface area contributed by atoms with E-state index >= 15 is 0 Å². The van der Waals surface area contributed by atoms with Crippen LogP contribution < -0.4 is 28.9 Å². The molecule has 0 fully saturated rings. The minimum absolute atomic E-state index is 0. The summed E-state index contributed by atoms with van der Waals surface area (Å²) in [5.41, 5.74) is 23.7. The molecule has 527 valence electrons. The molecule has 12 nitrogen and oxygen atoms in total. The van der Waals surface area contributed by atoms with Gasteiger partial charge in [0.15, 0.2) is 0 Å². The SMILES string of the molecule is CC1=N/C(=C(\c2[n-]c(C)c(C(=O)Oc3ccc(C(C)(C)C)cc3)c2C)c2c(C)cc(C)cc2C)C(C)=C1C(=O)Oc1ccc(C(C)(C)C)cc1.CC1=N/C(=C(\c2[n-]c(C)c(C(=O)Oc3ccc(C(C)(C)C)cc3)c2C)c2c(C)cc(C)cc2C)C(C)=C1C(=O)Oc1ccc(C(C)(C)C)cc1.[Co+2]. The van der Waals surface area contributed by atoms with Crippen LogP contribution in [0.4, 0.5) is 0 Å². The third kappa shape index (κ3) is 16.6. The third-order valence-corrected chi connectivity index (χ3v) is 18.8. The van der Waals surface area contributed by atoms with Gasteiger partial charge in [-0.05, 0) is 231 Å². The number of hydrogen-bond donors (Lipinski definition) is 0. The van der Waals surface area contributed by atoms with Gasteiger partial charge in [-0.3, -0.25) is 9.98 Å². The molecule has 0 aliphatic carbocycles. The molecule has 0 unspecified atom stereocenters. The number of aryl methyl sites for hydroxylation is 8. The van der Waals surface area contributed by atoms with Gasteiger partial charge in [0.25, 0.3) is 0 Å². The standard InChI is InChI=1S/2C44H50N2O4.Co/c2*1-24-22-25(2)35(26(3)23-24)38(39-27(4)36(29(6)45-39)41(47)49-33-18-14-31(15-19-33)43(8,9)10)40-28(5)37(30(7)46-40)42(48)50-34-20-16-32(17-21-34)44(11,12)13;/h2*14-23H,1-13H3,(H,45,46,47,48);/q;;+2/p-2. The smallest absolute Gasteiger partial charge is 0.660 e. The minimum atomic E-state index is -0.468. The van der Waals surface area contributed by atoms with Crippen LogP contribution in [0.5, 0.6) is 23.0 Å². The molecule has 2 aromatic heterocycles. The molecule has 101 heavy (non-hydrogen) atoms. The Morgan fingerprint density at radius 3 is 0.782 bits per heavy atom. The zero-order chi connectivity index (χ0) is 73.7. The zero-order valence-corrected chi connectivity index (χ0v) is 65.0. The first-order valence-corrected chi connectivity index (χ1v) is 34.3. The van der Waals surface area contributed by atoms with E-state index in [2.05, 4.69) is 149 Å². The number of benzene rings is 6. The van der Waals surface area contributed by atoms with Gasteiger partial charge in [-0.15, -0.1) is 22.8 Å². The topological polar surface area (TPSA) is 158 Å². The van der Waals surface area contributed by atoms with Gasteiger partial charge in [-0.25, -0.2) is 19.2 Å². The van der Waals surface area contributed by atoms with Crippen molar-refractivity contribution in [2.24, 2.45) is 9.98 Å². The average Bonchev–Trinajstić information content (AvgIpc) is 1.61. The number of aromatic nitrogens is 2. The van der Waals surface area contributed by atoms with Crippen molar-refractivity contribution in [1.29, 1.82) is 0 Å². The van der Waals surface area contributed by atoms with E-state index in [1.54, 1.807) is 0 Å². The number of esters is 4. The molecule has 0 saturated carbocycles. The van der Waals surface area contributed by atoms with Crippen molar-refractivity contribution in [3.8, 4) is 23.0 Å². The fraction of sp³-hybridized carbons (Fsp3) is 0.341.